The maximum atomic E-state index is 13.3. The topological polar surface area (TPSA) is 110 Å². The summed E-state index contributed by atoms with van der Waals surface area (Å²) in [4.78, 5) is 36.8. The monoisotopic (exact) mass is 425 g/mol. The molecule has 0 bridgehead atoms. The second-order valence-corrected chi connectivity index (χ2v) is 7.33. The van der Waals surface area contributed by atoms with Crippen LogP contribution in [0.15, 0.2) is 71.7 Å². The summed E-state index contributed by atoms with van der Waals surface area (Å²) in [5.41, 5.74) is 3.42. The fourth-order valence-corrected chi connectivity index (χ4v) is 3.61. The molecular weight excluding hydrogens is 406 g/mol. The van der Waals surface area contributed by atoms with Crippen molar-refractivity contribution < 1.29 is 4.79 Å². The van der Waals surface area contributed by atoms with Crippen LogP contribution in [0, 0.1) is 13.8 Å². The third-order valence-corrected chi connectivity index (χ3v) is 5.00. The van der Waals surface area contributed by atoms with Crippen LogP contribution in [0.25, 0.3) is 22.9 Å². The van der Waals surface area contributed by atoms with Gasteiger partial charge in [0.1, 0.15) is 17.2 Å². The Morgan fingerprint density at radius 2 is 1.78 bits per heavy atom. The van der Waals surface area contributed by atoms with Crippen molar-refractivity contribution in [3.05, 3.63) is 94.3 Å². The Balaban J connectivity index is 1.62. The number of benzene rings is 1. The number of nitrogens with zero attached hydrogens (tertiary/aromatic N) is 5. The molecule has 9 heteroatoms. The quantitative estimate of drug-likeness (QED) is 0.460. The lowest BCUT2D eigenvalue weighted by atomic mass is 10.1. The Morgan fingerprint density at radius 3 is 2.56 bits per heavy atom. The number of fused-ring (bicyclic) bond motifs is 1. The number of nitrogens with one attached hydrogen (secondary N) is 2. The van der Waals surface area contributed by atoms with E-state index in [0.29, 0.717) is 34.2 Å². The highest BCUT2D eigenvalue weighted by Crippen LogP contribution is 2.24. The molecule has 0 aliphatic heterocycles. The lowest BCUT2D eigenvalue weighted by molar-refractivity contribution is 0.102. The molecule has 1 amide bonds. The van der Waals surface area contributed by atoms with Gasteiger partial charge in [0.2, 0.25) is 5.95 Å². The number of aryl methyl sites for hydroxylation is 2. The molecule has 0 saturated heterocycles. The first-order valence-electron chi connectivity index (χ1n) is 9.98. The van der Waals surface area contributed by atoms with Crippen LogP contribution in [0.5, 0.6) is 0 Å². The molecule has 5 rings (SSSR count). The summed E-state index contributed by atoms with van der Waals surface area (Å²) in [7, 11) is 0. The third kappa shape index (κ3) is 3.45. The standard InChI is InChI=1S/C23H19N7O2/c1-14-12-20(31)27-23(24-14)30-19(13-17(28-30)16-8-4-3-5-9-16)26-22(32)21-15(2)25-18-10-6-7-11-29(18)21/h3-13H,1-2H3,(H,26,32)(H,24,27,31). The first-order valence-corrected chi connectivity index (χ1v) is 9.98. The van der Waals surface area contributed by atoms with E-state index in [2.05, 4.69) is 25.4 Å². The van der Waals surface area contributed by atoms with Crippen molar-refractivity contribution in [2.45, 2.75) is 13.8 Å². The average molecular weight is 425 g/mol. The number of amides is 1. The molecule has 0 saturated carbocycles. The van der Waals surface area contributed by atoms with Crippen LogP contribution in [0.2, 0.25) is 0 Å². The van der Waals surface area contributed by atoms with Crippen LogP contribution in [0.4, 0.5) is 5.82 Å². The number of imidazole rings is 1. The summed E-state index contributed by atoms with van der Waals surface area (Å²) < 4.78 is 3.16. The van der Waals surface area contributed by atoms with Crippen molar-refractivity contribution in [1.82, 2.24) is 29.1 Å². The highest BCUT2D eigenvalue weighted by Gasteiger charge is 2.20. The van der Waals surface area contributed by atoms with Crippen molar-refractivity contribution in [1.29, 1.82) is 0 Å². The Bertz CT molecular complexity index is 1510. The number of rotatable bonds is 4. The van der Waals surface area contributed by atoms with Crippen LogP contribution in [-0.2, 0) is 0 Å². The van der Waals surface area contributed by atoms with Crippen LogP contribution >= 0.6 is 0 Å². The van der Waals surface area contributed by atoms with Gasteiger partial charge in [0, 0.05) is 29.6 Å². The molecule has 0 atom stereocenters. The summed E-state index contributed by atoms with van der Waals surface area (Å²) in [5, 5.41) is 7.51. The van der Waals surface area contributed by atoms with E-state index in [1.54, 1.807) is 30.5 Å². The molecule has 158 valence electrons. The van der Waals surface area contributed by atoms with E-state index in [-0.39, 0.29) is 17.4 Å². The van der Waals surface area contributed by atoms with Gasteiger partial charge in [-0.25, -0.2) is 9.97 Å². The van der Waals surface area contributed by atoms with Gasteiger partial charge in [-0.15, -0.1) is 0 Å². The van der Waals surface area contributed by atoms with Crippen molar-refractivity contribution in [2.24, 2.45) is 0 Å². The molecule has 0 aliphatic rings. The SMILES string of the molecule is Cc1cc(=O)[nH]c(-n2nc(-c3ccccc3)cc2NC(=O)c2c(C)nc3ccccn23)n1. The number of anilines is 1. The third-order valence-electron chi connectivity index (χ3n) is 5.00. The predicted octanol–water partition coefficient (Wildman–Crippen LogP) is 3.14. The molecule has 2 N–H and O–H groups in total. The van der Waals surface area contributed by atoms with Crippen LogP contribution < -0.4 is 10.9 Å². The molecule has 4 heterocycles. The molecule has 9 nitrogen and oxygen atoms in total. The smallest absolute Gasteiger partial charge is 0.275 e. The minimum atomic E-state index is -0.350. The lowest BCUT2D eigenvalue weighted by Gasteiger charge is -2.09. The summed E-state index contributed by atoms with van der Waals surface area (Å²) in [5.74, 6) is 0.229. The van der Waals surface area contributed by atoms with Gasteiger partial charge in [-0.1, -0.05) is 36.4 Å². The number of hydrogen-bond donors (Lipinski definition) is 2. The average Bonchev–Trinajstić information content (AvgIpc) is 3.34. The van der Waals surface area contributed by atoms with Crippen LogP contribution in [-0.4, -0.2) is 35.0 Å². The summed E-state index contributed by atoms with van der Waals surface area (Å²) in [6.07, 6.45) is 1.79. The van der Waals surface area contributed by atoms with E-state index < -0.39 is 0 Å². The van der Waals surface area contributed by atoms with Gasteiger partial charge < -0.3 is 5.32 Å². The maximum Gasteiger partial charge on any atom is 0.275 e. The number of aromatic amines is 1. The van der Waals surface area contributed by atoms with E-state index in [1.807, 2.05) is 48.5 Å². The van der Waals surface area contributed by atoms with Crippen LogP contribution in [0.1, 0.15) is 21.9 Å². The number of carbonyl (C=O) groups excluding carboxylic acids is 1. The van der Waals surface area contributed by atoms with Gasteiger partial charge in [-0.05, 0) is 26.0 Å². The molecule has 0 radical (unpaired) electrons. The summed E-state index contributed by atoms with van der Waals surface area (Å²) in [6, 6.07) is 18.2. The molecule has 4 aromatic heterocycles. The highest BCUT2D eigenvalue weighted by molar-refractivity contribution is 6.04. The Hall–Kier alpha value is -4.53. The molecule has 32 heavy (non-hydrogen) atoms. The van der Waals surface area contributed by atoms with Crippen LogP contribution in [0.3, 0.4) is 0 Å². The molecule has 0 unspecified atom stereocenters. The van der Waals surface area contributed by atoms with Gasteiger partial charge in [0.25, 0.3) is 11.5 Å². The van der Waals surface area contributed by atoms with E-state index >= 15 is 0 Å². The van der Waals surface area contributed by atoms with Crippen molar-refractivity contribution in [3.8, 4) is 17.2 Å². The van der Waals surface area contributed by atoms with Gasteiger partial charge in [0.15, 0.2) is 0 Å². The minimum absolute atomic E-state index is 0.211. The molecule has 0 spiro atoms. The summed E-state index contributed by atoms with van der Waals surface area (Å²) in [6.45, 7) is 3.51. The van der Waals surface area contributed by atoms with E-state index in [4.69, 9.17) is 0 Å². The molecular formula is C23H19N7O2. The van der Waals surface area contributed by atoms with Gasteiger partial charge in [-0.2, -0.15) is 9.78 Å². The van der Waals surface area contributed by atoms with E-state index in [0.717, 1.165) is 5.56 Å². The normalized spacial score (nSPS) is 11.1. The highest BCUT2D eigenvalue weighted by atomic mass is 16.2. The molecule has 0 aliphatic carbocycles. The van der Waals surface area contributed by atoms with E-state index in [9.17, 15) is 9.59 Å². The summed E-state index contributed by atoms with van der Waals surface area (Å²) >= 11 is 0. The second-order valence-electron chi connectivity index (χ2n) is 7.33. The predicted molar refractivity (Wildman–Crippen MR) is 120 cm³/mol. The fraction of sp³-hybridized carbons (Fsp3) is 0.0870. The molecule has 5 aromatic rings. The lowest BCUT2D eigenvalue weighted by Crippen LogP contribution is -2.20. The van der Waals surface area contributed by atoms with E-state index in [1.165, 1.54) is 10.7 Å². The molecule has 0 fully saturated rings. The number of H-pyrrole nitrogens is 1. The first-order chi connectivity index (χ1) is 15.5. The van der Waals surface area contributed by atoms with Crippen molar-refractivity contribution in [2.75, 3.05) is 5.32 Å². The largest absolute Gasteiger partial charge is 0.305 e. The zero-order chi connectivity index (χ0) is 22.2. The number of aromatic nitrogens is 6. The van der Waals surface area contributed by atoms with Crippen molar-refractivity contribution >= 4 is 17.4 Å². The first kappa shape index (κ1) is 19.4. The Kier molecular flexibility index (Phi) is 4.63. The van der Waals surface area contributed by atoms with Crippen molar-refractivity contribution in [3.63, 3.8) is 0 Å². The zero-order valence-corrected chi connectivity index (χ0v) is 17.4. The van der Waals surface area contributed by atoms with Gasteiger partial charge >= 0.3 is 0 Å². The van der Waals surface area contributed by atoms with Gasteiger partial charge in [0.05, 0.1) is 11.4 Å². The number of hydrogen-bond acceptors (Lipinski definition) is 5. The second kappa shape index (κ2) is 7.62. The number of pyridine rings is 1. The molecule has 1 aromatic carbocycles. The number of carbonyl (C=O) groups is 1. The maximum absolute atomic E-state index is 13.3. The van der Waals surface area contributed by atoms with Gasteiger partial charge in [-0.3, -0.25) is 19.0 Å². The Labute approximate surface area is 182 Å². The Morgan fingerprint density at radius 1 is 1.00 bits per heavy atom. The zero-order valence-electron chi connectivity index (χ0n) is 17.4. The minimum Gasteiger partial charge on any atom is -0.305 e. The fourth-order valence-electron chi connectivity index (χ4n) is 3.61.